The summed E-state index contributed by atoms with van der Waals surface area (Å²) in [5.74, 6) is -1.62. The Morgan fingerprint density at radius 1 is 1.19 bits per heavy atom. The van der Waals surface area contributed by atoms with E-state index in [0.29, 0.717) is 11.3 Å². The van der Waals surface area contributed by atoms with Crippen molar-refractivity contribution in [3.8, 4) is 17.2 Å². The van der Waals surface area contributed by atoms with E-state index in [0.717, 1.165) is 6.07 Å². The van der Waals surface area contributed by atoms with E-state index in [2.05, 4.69) is 0 Å². The fourth-order valence-electron chi connectivity index (χ4n) is 1.53. The zero-order valence-corrected chi connectivity index (χ0v) is 8.52. The van der Waals surface area contributed by atoms with Crippen LogP contribution in [0, 0.1) is 0 Å². The van der Waals surface area contributed by atoms with Crippen LogP contribution in [0.25, 0.3) is 6.08 Å². The highest BCUT2D eigenvalue weighted by Gasteiger charge is 2.19. The minimum atomic E-state index is -0.863. The van der Waals surface area contributed by atoms with Crippen molar-refractivity contribution in [3.63, 3.8) is 0 Å². The maximum Gasteiger partial charge on any atom is 0.224 e. The molecule has 0 radical (unpaired) electrons. The molecule has 0 saturated heterocycles. The lowest BCUT2D eigenvalue weighted by Gasteiger charge is -2.14. The number of rotatable bonds is 0. The van der Waals surface area contributed by atoms with Crippen molar-refractivity contribution in [3.05, 3.63) is 33.2 Å². The van der Waals surface area contributed by atoms with Crippen LogP contribution in [0.3, 0.4) is 0 Å². The van der Waals surface area contributed by atoms with Crippen LogP contribution in [0.2, 0.25) is 0 Å². The van der Waals surface area contributed by atoms with Gasteiger partial charge in [-0.15, -0.1) is 0 Å². The summed E-state index contributed by atoms with van der Waals surface area (Å²) in [5.41, 5.74) is -0.0395. The highest BCUT2D eigenvalue weighted by atomic mass is 16.5. The second-order valence-electron chi connectivity index (χ2n) is 3.53. The quantitative estimate of drug-likeness (QED) is 0.610. The smallest absolute Gasteiger partial charge is 0.224 e. The maximum atomic E-state index is 11.4. The zero-order chi connectivity index (χ0) is 11.9. The molecule has 0 bridgehead atoms. The molecule has 0 aliphatic carbocycles. The zero-order valence-electron chi connectivity index (χ0n) is 8.52. The van der Waals surface area contributed by atoms with Crippen molar-refractivity contribution in [1.29, 1.82) is 0 Å². The van der Waals surface area contributed by atoms with Gasteiger partial charge in [0, 0.05) is 5.56 Å². The third kappa shape index (κ3) is 1.46. The van der Waals surface area contributed by atoms with Crippen molar-refractivity contribution < 1.29 is 20.1 Å². The monoisotopic (exact) mass is 222 g/mol. The molecule has 0 aromatic heterocycles. The fourth-order valence-corrected chi connectivity index (χ4v) is 1.53. The molecule has 1 aromatic rings. The molecule has 84 valence electrons. The van der Waals surface area contributed by atoms with Crippen LogP contribution in [0.4, 0.5) is 0 Å². The molecule has 16 heavy (non-hydrogen) atoms. The van der Waals surface area contributed by atoms with Crippen LogP contribution in [0.15, 0.2) is 16.6 Å². The van der Waals surface area contributed by atoms with E-state index in [4.69, 9.17) is 4.74 Å². The average molecular weight is 222 g/mol. The Hall–Kier alpha value is -2.17. The molecule has 0 atom stereocenters. The first kappa shape index (κ1) is 10.4. The molecule has 2 rings (SSSR count). The summed E-state index contributed by atoms with van der Waals surface area (Å²) < 4.78 is 5.17. The Morgan fingerprint density at radius 3 is 2.56 bits per heavy atom. The topological polar surface area (TPSA) is 87.0 Å². The van der Waals surface area contributed by atoms with E-state index in [1.54, 1.807) is 13.0 Å². The van der Waals surface area contributed by atoms with E-state index in [-0.39, 0.29) is 12.2 Å². The molecular formula is C11H10O5. The van der Waals surface area contributed by atoms with Gasteiger partial charge in [-0.1, -0.05) is 0 Å². The van der Waals surface area contributed by atoms with Gasteiger partial charge in [-0.3, -0.25) is 4.79 Å². The molecule has 1 aliphatic heterocycles. The minimum absolute atomic E-state index is 0.0462. The van der Waals surface area contributed by atoms with Crippen molar-refractivity contribution in [2.45, 2.75) is 13.5 Å². The highest BCUT2D eigenvalue weighted by Crippen LogP contribution is 2.37. The van der Waals surface area contributed by atoms with E-state index >= 15 is 0 Å². The molecule has 5 nitrogen and oxygen atoms in total. The summed E-state index contributed by atoms with van der Waals surface area (Å²) in [6, 6.07) is 1.15. The van der Waals surface area contributed by atoms with Gasteiger partial charge in [0.25, 0.3) is 0 Å². The Morgan fingerprint density at radius 2 is 1.88 bits per heavy atom. The molecule has 0 saturated carbocycles. The molecule has 1 heterocycles. The van der Waals surface area contributed by atoms with Gasteiger partial charge in [-0.2, -0.15) is 0 Å². The largest absolute Gasteiger partial charge is 0.504 e. The third-order valence-corrected chi connectivity index (χ3v) is 2.41. The van der Waals surface area contributed by atoms with Crippen LogP contribution in [-0.4, -0.2) is 15.3 Å². The van der Waals surface area contributed by atoms with E-state index in [1.165, 1.54) is 0 Å². The first-order valence-corrected chi connectivity index (χ1v) is 4.63. The van der Waals surface area contributed by atoms with Crippen molar-refractivity contribution >= 4 is 6.08 Å². The number of hydrogen-bond donors (Lipinski definition) is 3. The summed E-state index contributed by atoms with van der Waals surface area (Å²) in [7, 11) is 0. The normalized spacial score (nSPS) is 13.7. The summed E-state index contributed by atoms with van der Waals surface area (Å²) in [6.45, 7) is 1.75. The molecule has 0 amide bonds. The number of aromatic hydroxyl groups is 3. The SMILES string of the molecule is CC1=Cc2cc(=O)c(O)c(O)c(O)c2CO1. The molecule has 1 aliphatic rings. The lowest BCUT2D eigenvalue weighted by atomic mass is 10.1. The average Bonchev–Trinajstić information content (AvgIpc) is 2.32. The molecule has 5 heteroatoms. The molecule has 0 spiro atoms. The summed E-state index contributed by atoms with van der Waals surface area (Å²) in [5, 5.41) is 28.3. The minimum Gasteiger partial charge on any atom is -0.504 e. The van der Waals surface area contributed by atoms with E-state index in [1.807, 2.05) is 0 Å². The first-order chi connectivity index (χ1) is 7.50. The van der Waals surface area contributed by atoms with Crippen LogP contribution in [0.5, 0.6) is 17.2 Å². The Bertz CT molecular complexity index is 545. The van der Waals surface area contributed by atoms with Crippen molar-refractivity contribution in [2.75, 3.05) is 0 Å². The Labute approximate surface area is 90.9 Å². The number of ether oxygens (including phenoxy) is 1. The van der Waals surface area contributed by atoms with Crippen LogP contribution in [0.1, 0.15) is 18.1 Å². The van der Waals surface area contributed by atoms with E-state index in [9.17, 15) is 20.1 Å². The summed E-state index contributed by atoms with van der Waals surface area (Å²) in [4.78, 5) is 11.4. The standard InChI is InChI=1S/C11H10O5/c1-5-2-6-3-8(12)10(14)11(15)9(13)7(6)4-16-5/h2-3H,4H2,1H3,(H3,12,13,14,15). The van der Waals surface area contributed by atoms with Gasteiger partial charge >= 0.3 is 0 Å². The second kappa shape index (κ2) is 3.44. The predicted molar refractivity (Wildman–Crippen MR) is 56.1 cm³/mol. The first-order valence-electron chi connectivity index (χ1n) is 4.63. The van der Waals surface area contributed by atoms with Gasteiger partial charge in [0.1, 0.15) is 6.61 Å². The van der Waals surface area contributed by atoms with Gasteiger partial charge in [0.2, 0.25) is 16.9 Å². The molecule has 3 N–H and O–H groups in total. The van der Waals surface area contributed by atoms with E-state index < -0.39 is 22.7 Å². The lowest BCUT2D eigenvalue weighted by molar-refractivity contribution is 0.195. The summed E-state index contributed by atoms with van der Waals surface area (Å²) in [6.07, 6.45) is 1.55. The lowest BCUT2D eigenvalue weighted by Crippen LogP contribution is -2.01. The predicted octanol–water partition coefficient (Wildman–Crippen LogP) is 1.05. The van der Waals surface area contributed by atoms with Crippen molar-refractivity contribution in [1.82, 2.24) is 0 Å². The molecular weight excluding hydrogens is 212 g/mol. The molecule has 0 unspecified atom stereocenters. The second-order valence-corrected chi connectivity index (χ2v) is 3.53. The molecule has 0 fully saturated rings. The summed E-state index contributed by atoms with van der Waals surface area (Å²) >= 11 is 0. The highest BCUT2D eigenvalue weighted by molar-refractivity contribution is 5.64. The van der Waals surface area contributed by atoms with Crippen LogP contribution < -0.4 is 5.43 Å². The van der Waals surface area contributed by atoms with Crippen LogP contribution in [-0.2, 0) is 11.3 Å². The Kier molecular flexibility index (Phi) is 2.23. The molecule has 1 aromatic carbocycles. The number of allylic oxidation sites excluding steroid dienone is 1. The van der Waals surface area contributed by atoms with Gasteiger partial charge in [0.15, 0.2) is 5.75 Å². The van der Waals surface area contributed by atoms with Gasteiger partial charge < -0.3 is 20.1 Å². The fraction of sp³-hybridized carbons (Fsp3) is 0.182. The van der Waals surface area contributed by atoms with Crippen molar-refractivity contribution in [2.24, 2.45) is 0 Å². The Balaban J connectivity index is 2.88. The van der Waals surface area contributed by atoms with Crippen LogP contribution >= 0.6 is 0 Å². The third-order valence-electron chi connectivity index (χ3n) is 2.41. The van der Waals surface area contributed by atoms with Gasteiger partial charge in [0.05, 0.1) is 5.76 Å². The number of fused-ring (bicyclic) bond motifs is 1. The maximum absolute atomic E-state index is 11.4. The van der Waals surface area contributed by atoms with Gasteiger partial charge in [-0.05, 0) is 24.6 Å². The number of hydrogen-bond acceptors (Lipinski definition) is 5. The van der Waals surface area contributed by atoms with Gasteiger partial charge in [-0.25, -0.2) is 0 Å².